The van der Waals surface area contributed by atoms with Crippen molar-refractivity contribution in [2.45, 2.75) is 33.0 Å². The molecule has 1 atom stereocenters. The molecule has 0 radical (unpaired) electrons. The first-order valence-corrected chi connectivity index (χ1v) is 5.89. The fourth-order valence-electron chi connectivity index (χ4n) is 1.65. The Kier molecular flexibility index (Phi) is 3.94. The Morgan fingerprint density at radius 1 is 1.39 bits per heavy atom. The first kappa shape index (κ1) is 12.6. The maximum atomic E-state index is 9.88. The van der Waals surface area contributed by atoms with Crippen molar-refractivity contribution in [1.29, 1.82) is 0 Å². The summed E-state index contributed by atoms with van der Waals surface area (Å²) in [4.78, 5) is 4.06. The van der Waals surface area contributed by atoms with Crippen molar-refractivity contribution in [1.82, 2.24) is 10.1 Å². The van der Waals surface area contributed by atoms with Gasteiger partial charge in [-0.3, -0.25) is 0 Å². The van der Waals surface area contributed by atoms with Crippen LogP contribution in [0.5, 0.6) is 5.75 Å². The molecule has 2 rings (SSSR count). The van der Waals surface area contributed by atoms with Gasteiger partial charge < -0.3 is 14.4 Å². The first-order valence-electron chi connectivity index (χ1n) is 5.89. The van der Waals surface area contributed by atoms with Crippen molar-refractivity contribution in [3.8, 4) is 5.75 Å². The molecule has 0 fully saturated rings. The highest BCUT2D eigenvalue weighted by Gasteiger charge is 2.12. The van der Waals surface area contributed by atoms with E-state index >= 15 is 0 Å². The van der Waals surface area contributed by atoms with Crippen molar-refractivity contribution in [2.24, 2.45) is 0 Å². The number of benzene rings is 1. The number of nitrogens with zero attached hydrogens (tertiary/aromatic N) is 2. The number of hydrogen-bond acceptors (Lipinski definition) is 5. The molecule has 0 aliphatic rings. The molecular formula is C13H16N2O3. The van der Waals surface area contributed by atoms with Crippen LogP contribution in [0.15, 0.2) is 28.8 Å². The highest BCUT2D eigenvalue weighted by atomic mass is 16.5. The number of aryl methyl sites for hydroxylation is 1. The van der Waals surface area contributed by atoms with Crippen LogP contribution in [0.1, 0.15) is 36.7 Å². The topological polar surface area (TPSA) is 68.4 Å². The summed E-state index contributed by atoms with van der Waals surface area (Å²) >= 11 is 0. The summed E-state index contributed by atoms with van der Waals surface area (Å²) in [7, 11) is 0. The van der Waals surface area contributed by atoms with Gasteiger partial charge in [-0.05, 0) is 12.5 Å². The van der Waals surface area contributed by atoms with E-state index in [1.54, 1.807) is 6.92 Å². The molecular weight excluding hydrogens is 232 g/mol. The minimum atomic E-state index is -0.520. The van der Waals surface area contributed by atoms with Crippen LogP contribution >= 0.6 is 0 Å². The van der Waals surface area contributed by atoms with E-state index in [4.69, 9.17) is 9.26 Å². The van der Waals surface area contributed by atoms with E-state index in [0.29, 0.717) is 23.9 Å². The summed E-state index contributed by atoms with van der Waals surface area (Å²) < 4.78 is 10.5. The van der Waals surface area contributed by atoms with Gasteiger partial charge >= 0.3 is 0 Å². The summed E-state index contributed by atoms with van der Waals surface area (Å²) in [6.07, 6.45) is 0.120. The highest BCUT2D eigenvalue weighted by molar-refractivity contribution is 5.35. The number of ether oxygens (including phenoxy) is 1. The Labute approximate surface area is 105 Å². The average Bonchev–Trinajstić information content (AvgIpc) is 2.81. The number of aliphatic hydroxyl groups is 1. The van der Waals surface area contributed by atoms with Crippen LogP contribution in [0.4, 0.5) is 0 Å². The molecule has 0 aliphatic heterocycles. The average molecular weight is 248 g/mol. The van der Waals surface area contributed by atoms with Gasteiger partial charge in [0.1, 0.15) is 5.75 Å². The van der Waals surface area contributed by atoms with Gasteiger partial charge in [0.15, 0.2) is 6.61 Å². The first-order chi connectivity index (χ1) is 8.70. The largest absolute Gasteiger partial charge is 0.485 e. The minimum Gasteiger partial charge on any atom is -0.485 e. The molecule has 18 heavy (non-hydrogen) atoms. The molecule has 0 aliphatic carbocycles. The van der Waals surface area contributed by atoms with E-state index in [9.17, 15) is 5.11 Å². The lowest BCUT2D eigenvalue weighted by Crippen LogP contribution is -2.03. The van der Waals surface area contributed by atoms with Crippen molar-refractivity contribution >= 4 is 0 Å². The lowest BCUT2D eigenvalue weighted by atomic mass is 10.1. The van der Waals surface area contributed by atoms with Gasteiger partial charge in [-0.2, -0.15) is 4.98 Å². The van der Waals surface area contributed by atoms with Gasteiger partial charge in [-0.15, -0.1) is 0 Å². The van der Waals surface area contributed by atoms with Crippen LogP contribution in [-0.2, 0) is 6.61 Å². The van der Waals surface area contributed by atoms with E-state index in [2.05, 4.69) is 10.1 Å². The molecule has 96 valence electrons. The van der Waals surface area contributed by atoms with Crippen LogP contribution in [0.25, 0.3) is 0 Å². The Balaban J connectivity index is 2.09. The predicted molar refractivity (Wildman–Crippen MR) is 65.1 cm³/mol. The zero-order valence-electron chi connectivity index (χ0n) is 10.5. The molecule has 1 unspecified atom stereocenters. The van der Waals surface area contributed by atoms with Crippen molar-refractivity contribution < 1.29 is 14.4 Å². The third kappa shape index (κ3) is 2.87. The summed E-state index contributed by atoms with van der Waals surface area (Å²) in [5, 5.41) is 13.6. The fourth-order valence-corrected chi connectivity index (χ4v) is 1.65. The zero-order valence-corrected chi connectivity index (χ0v) is 10.5. The standard InChI is InChI=1S/C13H16N2O3/c1-3-11(16)10-6-4-5-7-12(10)17-8-13-14-9(2)18-15-13/h4-7,11,16H,3,8H2,1-2H3. The summed E-state index contributed by atoms with van der Waals surface area (Å²) in [6, 6.07) is 7.41. The van der Waals surface area contributed by atoms with Crippen molar-refractivity contribution in [3.05, 3.63) is 41.5 Å². The summed E-state index contributed by atoms with van der Waals surface area (Å²) in [6.45, 7) is 3.88. The monoisotopic (exact) mass is 248 g/mol. The third-order valence-electron chi connectivity index (χ3n) is 2.59. The van der Waals surface area contributed by atoms with E-state index < -0.39 is 6.10 Å². The molecule has 1 N–H and O–H groups in total. The van der Waals surface area contributed by atoms with Gasteiger partial charge in [-0.25, -0.2) is 0 Å². The number of aromatic nitrogens is 2. The molecule has 0 spiro atoms. The maximum absolute atomic E-state index is 9.88. The third-order valence-corrected chi connectivity index (χ3v) is 2.59. The van der Waals surface area contributed by atoms with Crippen LogP contribution in [0.2, 0.25) is 0 Å². The van der Waals surface area contributed by atoms with E-state index in [1.165, 1.54) is 0 Å². The van der Waals surface area contributed by atoms with Crippen LogP contribution in [0.3, 0.4) is 0 Å². The molecule has 0 saturated heterocycles. The molecule has 0 saturated carbocycles. The van der Waals surface area contributed by atoms with Gasteiger partial charge in [0.25, 0.3) is 0 Å². The van der Waals surface area contributed by atoms with Gasteiger partial charge in [-0.1, -0.05) is 30.3 Å². The Morgan fingerprint density at radius 3 is 2.83 bits per heavy atom. The number of rotatable bonds is 5. The SMILES string of the molecule is CCC(O)c1ccccc1OCc1noc(C)n1. The van der Waals surface area contributed by atoms with Gasteiger partial charge in [0, 0.05) is 12.5 Å². The Bertz CT molecular complexity index is 510. The second-order valence-electron chi connectivity index (χ2n) is 3.98. The normalized spacial score (nSPS) is 12.4. The lowest BCUT2D eigenvalue weighted by molar-refractivity contribution is 0.165. The molecule has 0 bridgehead atoms. The highest BCUT2D eigenvalue weighted by Crippen LogP contribution is 2.27. The van der Waals surface area contributed by atoms with E-state index in [-0.39, 0.29) is 6.61 Å². The number of para-hydroxylation sites is 1. The molecule has 1 aromatic carbocycles. The molecule has 0 amide bonds. The maximum Gasteiger partial charge on any atom is 0.223 e. The quantitative estimate of drug-likeness (QED) is 0.879. The second kappa shape index (κ2) is 5.64. The van der Waals surface area contributed by atoms with Crippen molar-refractivity contribution in [3.63, 3.8) is 0 Å². The number of aliphatic hydroxyl groups excluding tert-OH is 1. The minimum absolute atomic E-state index is 0.227. The smallest absolute Gasteiger partial charge is 0.223 e. The van der Waals surface area contributed by atoms with E-state index in [1.807, 2.05) is 31.2 Å². The molecule has 5 heteroatoms. The summed E-state index contributed by atoms with van der Waals surface area (Å²) in [5.74, 6) is 1.65. The van der Waals surface area contributed by atoms with Crippen molar-refractivity contribution in [2.75, 3.05) is 0 Å². The lowest BCUT2D eigenvalue weighted by Gasteiger charge is -2.13. The molecule has 1 heterocycles. The molecule has 1 aromatic heterocycles. The summed E-state index contributed by atoms with van der Waals surface area (Å²) in [5.41, 5.74) is 0.778. The Morgan fingerprint density at radius 2 is 2.17 bits per heavy atom. The van der Waals surface area contributed by atoms with Crippen LogP contribution in [-0.4, -0.2) is 15.2 Å². The Hall–Kier alpha value is -1.88. The second-order valence-corrected chi connectivity index (χ2v) is 3.98. The molecule has 2 aromatic rings. The van der Waals surface area contributed by atoms with Gasteiger partial charge in [0.2, 0.25) is 11.7 Å². The van der Waals surface area contributed by atoms with Gasteiger partial charge in [0.05, 0.1) is 6.10 Å². The fraction of sp³-hybridized carbons (Fsp3) is 0.385. The number of hydrogen-bond donors (Lipinski definition) is 1. The zero-order chi connectivity index (χ0) is 13.0. The van der Waals surface area contributed by atoms with Crippen LogP contribution in [0, 0.1) is 6.92 Å². The van der Waals surface area contributed by atoms with Crippen LogP contribution < -0.4 is 4.74 Å². The molecule has 5 nitrogen and oxygen atoms in total. The van der Waals surface area contributed by atoms with E-state index in [0.717, 1.165) is 5.56 Å². The predicted octanol–water partition coefficient (Wildman–Crippen LogP) is 2.40.